The van der Waals surface area contributed by atoms with Gasteiger partial charge in [-0.25, -0.2) is 8.42 Å². The molecule has 1 amide bonds. The maximum absolute atomic E-state index is 12.9. The minimum atomic E-state index is -3.55. The first-order valence-corrected chi connectivity index (χ1v) is 11.4. The molecular weight excluding hydrogens is 384 g/mol. The Bertz CT molecular complexity index is 842. The number of ether oxygens (including phenoxy) is 1. The summed E-state index contributed by atoms with van der Waals surface area (Å²) in [6.07, 6.45) is 0.860. The van der Waals surface area contributed by atoms with E-state index in [-0.39, 0.29) is 10.8 Å². The fourth-order valence-corrected chi connectivity index (χ4v) is 5.08. The lowest BCUT2D eigenvalue weighted by atomic mass is 10.2. The molecule has 27 heavy (non-hydrogen) atoms. The molecule has 2 aromatic rings. The molecule has 1 fully saturated rings. The molecule has 8 heteroatoms. The minimum Gasteiger partial charge on any atom is -0.379 e. The first-order valence-electron chi connectivity index (χ1n) is 9.00. The molecule has 6 nitrogen and oxygen atoms in total. The fraction of sp³-hybridized carbons (Fsp3) is 0.421. The van der Waals surface area contributed by atoms with Gasteiger partial charge in [0.15, 0.2) is 0 Å². The molecule has 1 aromatic heterocycles. The number of hydrogen-bond acceptors (Lipinski definition) is 5. The van der Waals surface area contributed by atoms with Crippen LogP contribution in [0, 0.1) is 0 Å². The van der Waals surface area contributed by atoms with Crippen molar-refractivity contribution in [2.75, 3.05) is 32.8 Å². The third-order valence-electron chi connectivity index (χ3n) is 4.44. The fourth-order valence-electron chi connectivity index (χ4n) is 3.01. The van der Waals surface area contributed by atoms with Gasteiger partial charge < -0.3 is 9.64 Å². The van der Waals surface area contributed by atoms with E-state index in [9.17, 15) is 13.2 Å². The highest BCUT2D eigenvalue weighted by molar-refractivity contribution is 7.89. The Hall–Kier alpha value is -1.74. The van der Waals surface area contributed by atoms with Gasteiger partial charge in [-0.1, -0.05) is 6.92 Å². The van der Waals surface area contributed by atoms with Crippen LogP contribution in [0.1, 0.15) is 29.3 Å². The Labute approximate surface area is 164 Å². The summed E-state index contributed by atoms with van der Waals surface area (Å²) in [5.74, 6) is -0.0848. The summed E-state index contributed by atoms with van der Waals surface area (Å²) in [5.41, 5.74) is 1.60. The van der Waals surface area contributed by atoms with Gasteiger partial charge in [0.1, 0.15) is 0 Å². The number of amides is 1. The average Bonchev–Trinajstić information content (AvgIpc) is 3.21. The molecule has 0 atom stereocenters. The van der Waals surface area contributed by atoms with Crippen molar-refractivity contribution in [3.63, 3.8) is 0 Å². The van der Waals surface area contributed by atoms with Gasteiger partial charge in [0.05, 0.1) is 18.1 Å². The monoisotopic (exact) mass is 408 g/mol. The lowest BCUT2D eigenvalue weighted by Gasteiger charge is -2.26. The number of morpholine rings is 1. The number of carbonyl (C=O) groups excluding carboxylic acids is 1. The zero-order chi connectivity index (χ0) is 19.3. The average molecular weight is 409 g/mol. The molecule has 0 spiro atoms. The molecule has 1 aliphatic heterocycles. The van der Waals surface area contributed by atoms with E-state index in [1.807, 2.05) is 23.8 Å². The molecule has 146 valence electrons. The first kappa shape index (κ1) is 20.0. The van der Waals surface area contributed by atoms with Crippen molar-refractivity contribution in [1.29, 1.82) is 0 Å². The lowest BCUT2D eigenvalue weighted by molar-refractivity contribution is 0.0730. The SMILES string of the molecule is CCCN(Cc1ccsc1)C(=O)c1ccc(S(=O)(=O)N2CCOCC2)cc1. The van der Waals surface area contributed by atoms with Crippen molar-refractivity contribution in [1.82, 2.24) is 9.21 Å². The largest absolute Gasteiger partial charge is 0.379 e. The molecule has 3 rings (SSSR count). The van der Waals surface area contributed by atoms with E-state index < -0.39 is 10.0 Å². The van der Waals surface area contributed by atoms with Gasteiger partial charge in [0.25, 0.3) is 5.91 Å². The van der Waals surface area contributed by atoms with E-state index in [0.29, 0.717) is 45.0 Å². The van der Waals surface area contributed by atoms with Crippen molar-refractivity contribution < 1.29 is 17.9 Å². The van der Waals surface area contributed by atoms with Crippen LogP contribution in [-0.2, 0) is 21.3 Å². The molecule has 2 heterocycles. The molecule has 1 aromatic carbocycles. The molecule has 0 saturated carbocycles. The highest BCUT2D eigenvalue weighted by atomic mass is 32.2. The number of carbonyl (C=O) groups is 1. The van der Waals surface area contributed by atoms with Gasteiger partial charge in [-0.05, 0) is 53.1 Å². The van der Waals surface area contributed by atoms with E-state index in [1.54, 1.807) is 28.4 Å². The van der Waals surface area contributed by atoms with Gasteiger partial charge in [-0.3, -0.25) is 4.79 Å². The summed E-state index contributed by atoms with van der Waals surface area (Å²) in [6.45, 7) is 4.77. The van der Waals surface area contributed by atoms with Crippen LogP contribution >= 0.6 is 11.3 Å². The van der Waals surface area contributed by atoms with Gasteiger partial charge in [0.2, 0.25) is 10.0 Å². The second-order valence-corrected chi connectivity index (χ2v) is 9.12. The molecule has 1 aliphatic rings. The van der Waals surface area contributed by atoms with Crippen LogP contribution in [0.5, 0.6) is 0 Å². The van der Waals surface area contributed by atoms with Crippen molar-refractivity contribution in [3.8, 4) is 0 Å². The Morgan fingerprint density at radius 2 is 1.89 bits per heavy atom. The third kappa shape index (κ3) is 4.76. The number of nitrogens with zero attached hydrogens (tertiary/aromatic N) is 2. The smallest absolute Gasteiger partial charge is 0.254 e. The summed E-state index contributed by atoms with van der Waals surface area (Å²) in [6, 6.07) is 8.26. The van der Waals surface area contributed by atoms with Crippen LogP contribution in [0.25, 0.3) is 0 Å². The normalized spacial score (nSPS) is 15.6. The van der Waals surface area contributed by atoms with Crippen LogP contribution < -0.4 is 0 Å². The van der Waals surface area contributed by atoms with Gasteiger partial charge >= 0.3 is 0 Å². The number of benzene rings is 1. The topological polar surface area (TPSA) is 66.9 Å². The summed E-state index contributed by atoms with van der Waals surface area (Å²) < 4.78 is 32.0. The van der Waals surface area contributed by atoms with Crippen LogP contribution in [0.3, 0.4) is 0 Å². The molecule has 0 N–H and O–H groups in total. The van der Waals surface area contributed by atoms with Gasteiger partial charge in [-0.2, -0.15) is 15.6 Å². The number of rotatable bonds is 7. The van der Waals surface area contributed by atoms with Crippen molar-refractivity contribution >= 4 is 27.3 Å². The zero-order valence-corrected chi connectivity index (χ0v) is 17.0. The highest BCUT2D eigenvalue weighted by Crippen LogP contribution is 2.19. The summed E-state index contributed by atoms with van der Waals surface area (Å²) in [5, 5.41) is 4.03. The number of hydrogen-bond donors (Lipinski definition) is 0. The molecule has 0 aliphatic carbocycles. The lowest BCUT2D eigenvalue weighted by Crippen LogP contribution is -2.40. The predicted molar refractivity (Wildman–Crippen MR) is 105 cm³/mol. The third-order valence-corrected chi connectivity index (χ3v) is 7.09. The van der Waals surface area contributed by atoms with Gasteiger partial charge in [-0.15, -0.1) is 0 Å². The second-order valence-electron chi connectivity index (χ2n) is 6.40. The van der Waals surface area contributed by atoms with Crippen LogP contribution in [0.2, 0.25) is 0 Å². The number of sulfonamides is 1. The standard InChI is InChI=1S/C19H24N2O4S2/c1-2-8-20(14-16-7-13-26-15-16)19(22)17-3-5-18(6-4-17)27(23,24)21-9-11-25-12-10-21/h3-7,13,15H,2,8-12,14H2,1H3. The number of thiophene rings is 1. The van der Waals surface area contributed by atoms with Crippen molar-refractivity contribution in [3.05, 3.63) is 52.2 Å². The van der Waals surface area contributed by atoms with Crippen LogP contribution in [0.15, 0.2) is 46.0 Å². The molecule has 1 saturated heterocycles. The Kier molecular flexibility index (Phi) is 6.64. The van der Waals surface area contributed by atoms with E-state index in [0.717, 1.165) is 12.0 Å². The summed E-state index contributed by atoms with van der Waals surface area (Å²) in [7, 11) is -3.55. The maximum Gasteiger partial charge on any atom is 0.254 e. The minimum absolute atomic E-state index is 0.0848. The Balaban J connectivity index is 1.75. The van der Waals surface area contributed by atoms with E-state index >= 15 is 0 Å². The highest BCUT2D eigenvalue weighted by Gasteiger charge is 2.26. The second kappa shape index (κ2) is 8.97. The first-order chi connectivity index (χ1) is 13.0. The summed E-state index contributed by atoms with van der Waals surface area (Å²) in [4.78, 5) is 14.9. The molecule has 0 unspecified atom stereocenters. The maximum atomic E-state index is 12.9. The molecule has 0 radical (unpaired) electrons. The zero-order valence-electron chi connectivity index (χ0n) is 15.3. The van der Waals surface area contributed by atoms with E-state index in [1.165, 1.54) is 16.4 Å². The Morgan fingerprint density at radius 3 is 2.48 bits per heavy atom. The quantitative estimate of drug-likeness (QED) is 0.707. The van der Waals surface area contributed by atoms with Crippen LogP contribution in [0.4, 0.5) is 0 Å². The van der Waals surface area contributed by atoms with Crippen molar-refractivity contribution in [2.45, 2.75) is 24.8 Å². The van der Waals surface area contributed by atoms with E-state index in [4.69, 9.17) is 4.74 Å². The van der Waals surface area contributed by atoms with Gasteiger partial charge in [0, 0.05) is 31.7 Å². The Morgan fingerprint density at radius 1 is 1.19 bits per heavy atom. The van der Waals surface area contributed by atoms with Crippen LogP contribution in [-0.4, -0.2) is 56.4 Å². The molecular formula is C19H24N2O4S2. The van der Waals surface area contributed by atoms with Crippen molar-refractivity contribution in [2.24, 2.45) is 0 Å². The predicted octanol–water partition coefficient (Wildman–Crippen LogP) is 2.82. The molecule has 0 bridgehead atoms. The van der Waals surface area contributed by atoms with E-state index in [2.05, 4.69) is 0 Å². The summed E-state index contributed by atoms with van der Waals surface area (Å²) >= 11 is 1.61.